The second-order valence-electron chi connectivity index (χ2n) is 5.58. The van der Waals surface area contributed by atoms with Crippen molar-refractivity contribution < 1.29 is 4.79 Å². The summed E-state index contributed by atoms with van der Waals surface area (Å²) < 4.78 is 1.90. The summed E-state index contributed by atoms with van der Waals surface area (Å²) >= 11 is 0. The predicted molar refractivity (Wildman–Crippen MR) is 79.7 cm³/mol. The summed E-state index contributed by atoms with van der Waals surface area (Å²) in [5, 5.41) is 11.1. The molecule has 2 aromatic rings. The van der Waals surface area contributed by atoms with Gasteiger partial charge in [0.1, 0.15) is 5.82 Å². The van der Waals surface area contributed by atoms with Gasteiger partial charge in [-0.3, -0.25) is 4.79 Å². The molecule has 0 bridgehead atoms. The van der Waals surface area contributed by atoms with Gasteiger partial charge in [0.2, 0.25) is 5.91 Å². The Bertz CT molecular complexity index is 662. The van der Waals surface area contributed by atoms with Crippen molar-refractivity contribution in [3.8, 4) is 0 Å². The summed E-state index contributed by atoms with van der Waals surface area (Å²) in [7, 11) is 1.91. The van der Waals surface area contributed by atoms with E-state index >= 15 is 0 Å². The molecular weight excluding hydrogens is 264 g/mol. The first kappa shape index (κ1) is 13.8. The van der Waals surface area contributed by atoms with Crippen LogP contribution in [0.3, 0.4) is 0 Å². The van der Waals surface area contributed by atoms with E-state index in [1.54, 1.807) is 0 Å². The molecule has 1 amide bonds. The van der Waals surface area contributed by atoms with Crippen LogP contribution in [0.1, 0.15) is 41.5 Å². The average molecular weight is 284 g/mol. The third-order valence-electron chi connectivity index (χ3n) is 4.29. The fraction of sp³-hybridized carbons (Fsp3) is 0.438. The molecule has 0 radical (unpaired) electrons. The van der Waals surface area contributed by atoms with E-state index in [9.17, 15) is 4.79 Å². The van der Waals surface area contributed by atoms with Gasteiger partial charge < -0.3 is 9.88 Å². The van der Waals surface area contributed by atoms with E-state index in [0.717, 1.165) is 30.9 Å². The standard InChI is InChI=1S/C16H20N4O/c1-11-18-19-15(20(11)2)10-17-16(21)14-9-5-7-12-6-3-4-8-13(12)14/h3-4,6,8,14H,5,7,9-10H2,1-2H3,(H,17,21). The molecule has 5 nitrogen and oxygen atoms in total. The Morgan fingerprint density at radius 2 is 2.19 bits per heavy atom. The minimum absolute atomic E-state index is 0.0377. The van der Waals surface area contributed by atoms with Crippen LogP contribution in [0.15, 0.2) is 24.3 Å². The molecule has 0 spiro atoms. The number of rotatable bonds is 3. The number of nitrogens with zero attached hydrogens (tertiary/aromatic N) is 3. The van der Waals surface area contributed by atoms with Crippen LogP contribution in [-0.2, 0) is 24.8 Å². The Labute approximate surface area is 124 Å². The zero-order valence-electron chi connectivity index (χ0n) is 12.5. The first-order valence-electron chi connectivity index (χ1n) is 7.37. The highest BCUT2D eigenvalue weighted by Crippen LogP contribution is 2.31. The van der Waals surface area contributed by atoms with Gasteiger partial charge in [-0.2, -0.15) is 0 Å². The monoisotopic (exact) mass is 284 g/mol. The molecule has 1 unspecified atom stereocenters. The van der Waals surface area contributed by atoms with Crippen molar-refractivity contribution in [1.82, 2.24) is 20.1 Å². The van der Waals surface area contributed by atoms with Gasteiger partial charge in [-0.15, -0.1) is 10.2 Å². The Balaban J connectivity index is 1.71. The van der Waals surface area contributed by atoms with Crippen molar-refractivity contribution in [3.63, 3.8) is 0 Å². The molecule has 1 aliphatic rings. The normalized spacial score (nSPS) is 17.3. The van der Waals surface area contributed by atoms with E-state index in [0.29, 0.717) is 6.54 Å². The van der Waals surface area contributed by atoms with Crippen LogP contribution < -0.4 is 5.32 Å². The van der Waals surface area contributed by atoms with Gasteiger partial charge in [-0.25, -0.2) is 0 Å². The molecule has 1 aromatic heterocycles. The number of benzene rings is 1. The Kier molecular flexibility index (Phi) is 3.73. The maximum absolute atomic E-state index is 12.5. The van der Waals surface area contributed by atoms with Gasteiger partial charge in [0, 0.05) is 7.05 Å². The number of amides is 1. The summed E-state index contributed by atoms with van der Waals surface area (Å²) in [6.07, 6.45) is 3.06. The quantitative estimate of drug-likeness (QED) is 0.936. The van der Waals surface area contributed by atoms with Gasteiger partial charge in [0.15, 0.2) is 5.82 Å². The van der Waals surface area contributed by atoms with E-state index in [2.05, 4.69) is 27.6 Å². The van der Waals surface area contributed by atoms with Gasteiger partial charge >= 0.3 is 0 Å². The molecule has 21 heavy (non-hydrogen) atoms. The highest BCUT2D eigenvalue weighted by molar-refractivity contribution is 5.84. The van der Waals surface area contributed by atoms with E-state index in [1.807, 2.05) is 30.7 Å². The van der Waals surface area contributed by atoms with Crippen LogP contribution in [0.4, 0.5) is 0 Å². The maximum atomic E-state index is 12.5. The summed E-state index contributed by atoms with van der Waals surface area (Å²) in [5.41, 5.74) is 2.48. The number of hydrogen-bond donors (Lipinski definition) is 1. The van der Waals surface area contributed by atoms with Crippen molar-refractivity contribution in [2.75, 3.05) is 0 Å². The average Bonchev–Trinajstić information content (AvgIpc) is 2.84. The summed E-state index contributed by atoms with van der Waals surface area (Å²) in [6, 6.07) is 8.25. The zero-order chi connectivity index (χ0) is 14.8. The molecule has 110 valence electrons. The second kappa shape index (κ2) is 5.68. The molecule has 1 aliphatic carbocycles. The van der Waals surface area contributed by atoms with Gasteiger partial charge in [0.05, 0.1) is 12.5 Å². The molecule has 3 rings (SSSR count). The lowest BCUT2D eigenvalue weighted by molar-refractivity contribution is -0.123. The molecular formula is C16H20N4O. The largest absolute Gasteiger partial charge is 0.348 e. The summed E-state index contributed by atoms with van der Waals surface area (Å²) in [6.45, 7) is 2.32. The third-order valence-corrected chi connectivity index (χ3v) is 4.29. The van der Waals surface area contributed by atoms with Crippen LogP contribution in [0.25, 0.3) is 0 Å². The Hall–Kier alpha value is -2.17. The molecule has 0 aliphatic heterocycles. The molecule has 0 fully saturated rings. The minimum Gasteiger partial charge on any atom is -0.348 e. The topological polar surface area (TPSA) is 59.8 Å². The van der Waals surface area contributed by atoms with Crippen molar-refractivity contribution in [1.29, 1.82) is 0 Å². The van der Waals surface area contributed by atoms with Crippen LogP contribution >= 0.6 is 0 Å². The van der Waals surface area contributed by atoms with E-state index in [4.69, 9.17) is 0 Å². The number of aryl methyl sites for hydroxylation is 2. The molecule has 0 saturated carbocycles. The maximum Gasteiger partial charge on any atom is 0.227 e. The van der Waals surface area contributed by atoms with Crippen molar-refractivity contribution in [3.05, 3.63) is 47.0 Å². The number of nitrogens with one attached hydrogen (secondary N) is 1. The van der Waals surface area contributed by atoms with Crippen LogP contribution in [0.2, 0.25) is 0 Å². The van der Waals surface area contributed by atoms with Crippen LogP contribution in [0.5, 0.6) is 0 Å². The Morgan fingerprint density at radius 1 is 1.38 bits per heavy atom. The smallest absolute Gasteiger partial charge is 0.227 e. The van der Waals surface area contributed by atoms with Crippen LogP contribution in [-0.4, -0.2) is 20.7 Å². The first-order chi connectivity index (χ1) is 10.2. The van der Waals surface area contributed by atoms with E-state index in [-0.39, 0.29) is 11.8 Å². The van der Waals surface area contributed by atoms with Gasteiger partial charge in [-0.05, 0) is 37.3 Å². The van der Waals surface area contributed by atoms with Crippen LogP contribution in [0, 0.1) is 6.92 Å². The van der Waals surface area contributed by atoms with Crippen molar-refractivity contribution in [2.24, 2.45) is 7.05 Å². The molecule has 1 heterocycles. The molecule has 1 aromatic carbocycles. The Morgan fingerprint density at radius 3 is 2.95 bits per heavy atom. The fourth-order valence-electron chi connectivity index (χ4n) is 2.92. The number of aromatic nitrogens is 3. The van der Waals surface area contributed by atoms with Crippen molar-refractivity contribution >= 4 is 5.91 Å². The first-order valence-corrected chi connectivity index (χ1v) is 7.37. The number of hydrogen-bond acceptors (Lipinski definition) is 3. The molecule has 1 atom stereocenters. The number of carbonyl (C=O) groups is 1. The highest BCUT2D eigenvalue weighted by atomic mass is 16.1. The van der Waals surface area contributed by atoms with Gasteiger partial charge in [0.25, 0.3) is 0 Å². The molecule has 5 heteroatoms. The van der Waals surface area contributed by atoms with E-state index in [1.165, 1.54) is 11.1 Å². The molecule has 0 saturated heterocycles. The SMILES string of the molecule is Cc1nnc(CNC(=O)C2CCCc3ccccc32)n1C. The lowest BCUT2D eigenvalue weighted by Crippen LogP contribution is -2.31. The van der Waals surface area contributed by atoms with E-state index < -0.39 is 0 Å². The zero-order valence-corrected chi connectivity index (χ0v) is 12.5. The summed E-state index contributed by atoms with van der Waals surface area (Å²) in [4.78, 5) is 12.5. The predicted octanol–water partition coefficient (Wildman–Crippen LogP) is 1.86. The fourth-order valence-corrected chi connectivity index (χ4v) is 2.92. The van der Waals surface area contributed by atoms with Gasteiger partial charge in [-0.1, -0.05) is 24.3 Å². The molecule has 1 N–H and O–H groups in total. The minimum atomic E-state index is -0.0377. The number of fused-ring (bicyclic) bond motifs is 1. The second-order valence-corrected chi connectivity index (χ2v) is 5.58. The third kappa shape index (κ3) is 2.68. The number of carbonyl (C=O) groups excluding carboxylic acids is 1. The lowest BCUT2D eigenvalue weighted by atomic mass is 9.82. The lowest BCUT2D eigenvalue weighted by Gasteiger charge is -2.24. The summed E-state index contributed by atoms with van der Waals surface area (Å²) in [5.74, 6) is 1.68. The highest BCUT2D eigenvalue weighted by Gasteiger charge is 2.26. The van der Waals surface area contributed by atoms with Crippen molar-refractivity contribution in [2.45, 2.75) is 38.6 Å².